The summed E-state index contributed by atoms with van der Waals surface area (Å²) in [6.45, 7) is 3.39. The third-order valence-electron chi connectivity index (χ3n) is 5.27. The van der Waals surface area contributed by atoms with Crippen LogP contribution in [0.5, 0.6) is 0 Å². The van der Waals surface area contributed by atoms with Gasteiger partial charge in [-0.3, -0.25) is 9.59 Å². The molecule has 1 aliphatic rings. The minimum Gasteiger partial charge on any atom is -0.369 e. The second-order valence-corrected chi connectivity index (χ2v) is 7.54. The monoisotopic (exact) mass is 386 g/mol. The van der Waals surface area contributed by atoms with Crippen molar-refractivity contribution in [3.63, 3.8) is 0 Å². The van der Waals surface area contributed by atoms with Crippen molar-refractivity contribution in [2.75, 3.05) is 18.4 Å². The minimum absolute atomic E-state index is 0.0753. The molecule has 0 aromatic heterocycles. The number of carbonyl (C=O) groups is 2. The lowest BCUT2D eigenvalue weighted by atomic mass is 9.93. The Morgan fingerprint density at radius 1 is 1.15 bits per heavy atom. The van der Waals surface area contributed by atoms with E-state index >= 15 is 0 Å². The average molecular weight is 387 g/mol. The normalized spacial score (nSPS) is 20.7. The summed E-state index contributed by atoms with van der Waals surface area (Å²) in [5.74, 6) is -0.415. The molecule has 27 heavy (non-hydrogen) atoms. The Labute approximate surface area is 164 Å². The van der Waals surface area contributed by atoms with E-state index in [0.29, 0.717) is 23.6 Å². The topological polar surface area (TPSA) is 76.6 Å². The smallest absolute Gasteiger partial charge is 0.287 e. The second-order valence-electron chi connectivity index (χ2n) is 7.13. The average Bonchev–Trinajstić information content (AvgIpc) is 2.66. The number of amides is 2. The van der Waals surface area contributed by atoms with Crippen LogP contribution < -0.4 is 16.0 Å². The van der Waals surface area contributed by atoms with Gasteiger partial charge in [0.2, 0.25) is 5.91 Å². The van der Waals surface area contributed by atoms with Crippen molar-refractivity contribution in [2.45, 2.75) is 25.8 Å². The third-order valence-corrected chi connectivity index (χ3v) is 5.68. The molecule has 5 nitrogen and oxygen atoms in total. The van der Waals surface area contributed by atoms with E-state index in [0.717, 1.165) is 29.1 Å². The van der Waals surface area contributed by atoms with E-state index in [1.54, 1.807) is 6.07 Å². The Balaban J connectivity index is 1.81. The zero-order valence-electron chi connectivity index (χ0n) is 15.4. The number of halogens is 1. The molecule has 1 fully saturated rings. The van der Waals surface area contributed by atoms with Crippen molar-refractivity contribution >= 4 is 29.1 Å². The summed E-state index contributed by atoms with van der Waals surface area (Å²) in [7, 11) is 0. The number of nitrogens with one attached hydrogen (secondary N) is 2. The van der Waals surface area contributed by atoms with Crippen LogP contribution in [0.15, 0.2) is 48.5 Å². The molecule has 0 bridgehead atoms. The number of piperidine rings is 1. The van der Waals surface area contributed by atoms with Gasteiger partial charge < -0.3 is 16.0 Å². The Bertz CT molecular complexity index is 817. The van der Waals surface area contributed by atoms with Crippen LogP contribution in [0.1, 0.15) is 30.0 Å². The van der Waals surface area contributed by atoms with Gasteiger partial charge in [0, 0.05) is 35.0 Å². The zero-order valence-corrected chi connectivity index (χ0v) is 16.1. The van der Waals surface area contributed by atoms with Crippen LogP contribution >= 0.6 is 11.6 Å². The molecule has 1 heterocycles. The van der Waals surface area contributed by atoms with Crippen LogP contribution in [0.2, 0.25) is 5.02 Å². The van der Waals surface area contributed by atoms with E-state index in [4.69, 9.17) is 17.3 Å². The maximum absolute atomic E-state index is 13.2. The van der Waals surface area contributed by atoms with Crippen molar-refractivity contribution in [1.29, 1.82) is 0 Å². The zero-order chi connectivity index (χ0) is 19.4. The van der Waals surface area contributed by atoms with Crippen molar-refractivity contribution in [2.24, 2.45) is 11.7 Å². The molecular formula is C21H25ClN3O2+. The van der Waals surface area contributed by atoms with Gasteiger partial charge in [0.25, 0.3) is 5.91 Å². The number of likely N-dealkylation sites (tertiary alicyclic amines) is 1. The summed E-state index contributed by atoms with van der Waals surface area (Å²) in [6, 6.07) is 14.9. The van der Waals surface area contributed by atoms with Gasteiger partial charge in [0.15, 0.2) is 6.04 Å². The standard InChI is InChI=1S/C21H24ClN3O2/c1-14-7-8-17(13-18(14)22)24-21(27)19(15-5-3-2-4-6-15)25-11-9-16(10-12-25)20(23)26/h2-8,13,16,19H,9-12H2,1H3,(H2,23,26)(H,24,27)/p+1/t19-/m1/s1. The first-order valence-electron chi connectivity index (χ1n) is 9.21. The highest BCUT2D eigenvalue weighted by molar-refractivity contribution is 6.31. The van der Waals surface area contributed by atoms with Crippen LogP contribution in [0.3, 0.4) is 0 Å². The first-order chi connectivity index (χ1) is 13.0. The van der Waals surface area contributed by atoms with Crippen LogP contribution in [-0.2, 0) is 9.59 Å². The first-order valence-corrected chi connectivity index (χ1v) is 9.59. The minimum atomic E-state index is -0.347. The Morgan fingerprint density at radius 2 is 1.81 bits per heavy atom. The number of nitrogens with two attached hydrogens (primary N) is 1. The lowest BCUT2D eigenvalue weighted by Crippen LogP contribution is -3.14. The fraction of sp³-hybridized carbons (Fsp3) is 0.333. The van der Waals surface area contributed by atoms with Crippen molar-refractivity contribution in [3.8, 4) is 0 Å². The van der Waals surface area contributed by atoms with Crippen molar-refractivity contribution in [1.82, 2.24) is 0 Å². The Morgan fingerprint density at radius 3 is 2.41 bits per heavy atom. The van der Waals surface area contributed by atoms with Gasteiger partial charge in [-0.15, -0.1) is 0 Å². The van der Waals surface area contributed by atoms with E-state index in [1.165, 1.54) is 0 Å². The van der Waals surface area contributed by atoms with E-state index in [2.05, 4.69) is 5.32 Å². The molecule has 0 saturated carbocycles. The number of quaternary nitrogens is 1. The van der Waals surface area contributed by atoms with Crippen LogP contribution in [-0.4, -0.2) is 24.9 Å². The highest BCUT2D eigenvalue weighted by atomic mass is 35.5. The number of rotatable bonds is 5. The predicted octanol–water partition coefficient (Wildman–Crippen LogP) is 2.11. The number of hydrogen-bond donors (Lipinski definition) is 3. The van der Waals surface area contributed by atoms with Crippen LogP contribution in [0.25, 0.3) is 0 Å². The summed E-state index contributed by atoms with van der Waals surface area (Å²) < 4.78 is 0. The molecule has 1 aliphatic heterocycles. The summed E-state index contributed by atoms with van der Waals surface area (Å²) >= 11 is 6.19. The SMILES string of the molecule is Cc1ccc(NC(=O)[C@@H](c2ccccc2)[NH+]2CCC(C(N)=O)CC2)cc1Cl. The summed E-state index contributed by atoms with van der Waals surface area (Å²) in [4.78, 5) is 25.8. The number of aryl methyl sites for hydroxylation is 1. The molecule has 0 spiro atoms. The van der Waals surface area contributed by atoms with E-state index in [1.807, 2.05) is 49.4 Å². The predicted molar refractivity (Wildman–Crippen MR) is 107 cm³/mol. The van der Waals surface area contributed by atoms with Gasteiger partial charge in [-0.25, -0.2) is 0 Å². The van der Waals surface area contributed by atoms with Crippen LogP contribution in [0, 0.1) is 12.8 Å². The molecule has 0 unspecified atom stereocenters. The molecule has 3 rings (SSSR count). The van der Waals surface area contributed by atoms with Gasteiger partial charge in [-0.1, -0.05) is 48.0 Å². The van der Waals surface area contributed by atoms with Gasteiger partial charge in [0.05, 0.1) is 13.1 Å². The van der Waals surface area contributed by atoms with Gasteiger partial charge in [0.1, 0.15) is 0 Å². The summed E-state index contributed by atoms with van der Waals surface area (Å²) in [6.07, 6.45) is 1.41. The summed E-state index contributed by atoms with van der Waals surface area (Å²) in [5, 5.41) is 3.63. The summed E-state index contributed by atoms with van der Waals surface area (Å²) in [5.41, 5.74) is 8.06. The fourth-order valence-corrected chi connectivity index (χ4v) is 3.85. The quantitative estimate of drug-likeness (QED) is 0.736. The Hall–Kier alpha value is -2.37. The fourth-order valence-electron chi connectivity index (χ4n) is 3.66. The molecule has 2 aromatic carbocycles. The molecule has 6 heteroatoms. The lowest BCUT2D eigenvalue weighted by molar-refractivity contribution is -0.927. The molecule has 4 N–H and O–H groups in total. The molecule has 0 radical (unpaired) electrons. The maximum Gasteiger partial charge on any atom is 0.287 e. The van der Waals surface area contributed by atoms with Gasteiger partial charge >= 0.3 is 0 Å². The molecule has 2 amide bonds. The highest BCUT2D eigenvalue weighted by Gasteiger charge is 2.36. The largest absolute Gasteiger partial charge is 0.369 e. The van der Waals surface area contributed by atoms with Crippen molar-refractivity contribution < 1.29 is 14.5 Å². The van der Waals surface area contributed by atoms with Gasteiger partial charge in [-0.05, 0) is 24.6 Å². The first kappa shape index (κ1) is 19.4. The number of benzene rings is 2. The van der Waals surface area contributed by atoms with E-state index < -0.39 is 0 Å². The highest BCUT2D eigenvalue weighted by Crippen LogP contribution is 2.22. The van der Waals surface area contributed by atoms with Gasteiger partial charge in [-0.2, -0.15) is 0 Å². The van der Waals surface area contributed by atoms with E-state index in [-0.39, 0.29) is 23.8 Å². The maximum atomic E-state index is 13.2. The Kier molecular flexibility index (Phi) is 6.14. The molecule has 2 aromatic rings. The number of carbonyl (C=O) groups excluding carboxylic acids is 2. The molecule has 0 aliphatic carbocycles. The van der Waals surface area contributed by atoms with Crippen LogP contribution in [0.4, 0.5) is 5.69 Å². The molecule has 1 saturated heterocycles. The number of anilines is 1. The van der Waals surface area contributed by atoms with Crippen molar-refractivity contribution in [3.05, 3.63) is 64.7 Å². The second kappa shape index (κ2) is 8.55. The number of hydrogen-bond acceptors (Lipinski definition) is 2. The molecule has 1 atom stereocenters. The molecule has 142 valence electrons. The molecular weight excluding hydrogens is 362 g/mol. The lowest BCUT2D eigenvalue weighted by Gasteiger charge is -2.33. The van der Waals surface area contributed by atoms with E-state index in [9.17, 15) is 9.59 Å². The third kappa shape index (κ3) is 4.67. The number of primary amides is 1.